The van der Waals surface area contributed by atoms with Crippen molar-refractivity contribution in [2.75, 3.05) is 7.11 Å². The summed E-state index contributed by atoms with van der Waals surface area (Å²) in [7, 11) is 1.44. The van der Waals surface area contributed by atoms with Crippen LogP contribution in [0, 0.1) is 6.92 Å². The number of hydrogen-bond donors (Lipinski definition) is 1. The summed E-state index contributed by atoms with van der Waals surface area (Å²) in [5.41, 5.74) is 0.439. The Hall–Kier alpha value is -2.49. The molecule has 1 N–H and O–H groups in total. The van der Waals surface area contributed by atoms with Crippen molar-refractivity contribution in [1.82, 2.24) is 0 Å². The summed E-state index contributed by atoms with van der Waals surface area (Å²) in [4.78, 5) is 11.9. The molecule has 0 unspecified atom stereocenters. The Kier molecular flexibility index (Phi) is 3.71. The average Bonchev–Trinajstić information content (AvgIpc) is 2.82. The minimum absolute atomic E-state index is 0.00434. The Morgan fingerprint density at radius 3 is 2.74 bits per heavy atom. The largest absolute Gasteiger partial charge is 0.504 e. The Morgan fingerprint density at radius 1 is 1.32 bits per heavy atom. The number of phenolic OH excluding ortho intramolecular Hbond substituents is 1. The highest BCUT2D eigenvalue weighted by Gasteiger charge is 2.07. The number of carbonyl (C=O) groups is 1. The molecule has 1 aromatic heterocycles. The number of benzene rings is 1. The van der Waals surface area contributed by atoms with Crippen LogP contribution in [0.1, 0.15) is 21.9 Å². The molecule has 2 aromatic rings. The minimum atomic E-state index is -0.188. The molecule has 0 amide bonds. The van der Waals surface area contributed by atoms with Crippen molar-refractivity contribution < 1.29 is 19.1 Å². The van der Waals surface area contributed by atoms with Crippen LogP contribution < -0.4 is 4.74 Å². The molecule has 4 nitrogen and oxygen atoms in total. The monoisotopic (exact) mass is 258 g/mol. The lowest BCUT2D eigenvalue weighted by molar-refractivity contribution is 0.104. The highest BCUT2D eigenvalue weighted by atomic mass is 16.5. The molecule has 0 aliphatic carbocycles. The van der Waals surface area contributed by atoms with Gasteiger partial charge in [-0.15, -0.1) is 0 Å². The lowest BCUT2D eigenvalue weighted by atomic mass is 10.1. The maximum absolute atomic E-state index is 11.9. The number of methoxy groups -OCH3 is 1. The number of hydrogen-bond acceptors (Lipinski definition) is 4. The van der Waals surface area contributed by atoms with Crippen molar-refractivity contribution in [3.8, 4) is 11.5 Å². The second kappa shape index (κ2) is 5.44. The third kappa shape index (κ3) is 3.04. The first-order valence-corrected chi connectivity index (χ1v) is 5.76. The number of aryl methyl sites for hydroxylation is 1. The minimum Gasteiger partial charge on any atom is -0.504 e. The van der Waals surface area contributed by atoms with Gasteiger partial charge >= 0.3 is 0 Å². The van der Waals surface area contributed by atoms with Crippen molar-refractivity contribution in [1.29, 1.82) is 0 Å². The Balaban J connectivity index is 2.18. The van der Waals surface area contributed by atoms with Gasteiger partial charge in [-0.3, -0.25) is 4.79 Å². The standard InChI is InChI=1S/C15H14O4/c1-10-3-5-12(19-10)6-8-13(16)11-4-7-14(17)15(9-11)18-2/h3-9,17H,1-2H3/b8-6+. The molecule has 1 heterocycles. The first-order valence-electron chi connectivity index (χ1n) is 5.76. The van der Waals surface area contributed by atoms with E-state index in [9.17, 15) is 9.90 Å². The lowest BCUT2D eigenvalue weighted by Gasteiger charge is -2.04. The quantitative estimate of drug-likeness (QED) is 0.675. The summed E-state index contributed by atoms with van der Waals surface area (Å²) in [5.74, 6) is 1.50. The van der Waals surface area contributed by atoms with Gasteiger partial charge in [0.15, 0.2) is 17.3 Å². The zero-order valence-electron chi connectivity index (χ0n) is 10.7. The molecule has 0 aliphatic heterocycles. The van der Waals surface area contributed by atoms with Gasteiger partial charge in [-0.05, 0) is 49.4 Å². The van der Waals surface area contributed by atoms with E-state index < -0.39 is 0 Å². The Bertz CT molecular complexity index is 623. The normalized spacial score (nSPS) is 10.8. The second-order valence-corrected chi connectivity index (χ2v) is 4.03. The van der Waals surface area contributed by atoms with Crippen LogP contribution in [0.4, 0.5) is 0 Å². The Morgan fingerprint density at radius 2 is 2.11 bits per heavy atom. The van der Waals surface area contributed by atoms with Crippen molar-refractivity contribution >= 4 is 11.9 Å². The number of ether oxygens (including phenoxy) is 1. The second-order valence-electron chi connectivity index (χ2n) is 4.03. The number of carbonyl (C=O) groups excluding carboxylic acids is 1. The number of ketones is 1. The molecule has 0 saturated carbocycles. The smallest absolute Gasteiger partial charge is 0.186 e. The van der Waals surface area contributed by atoms with Gasteiger partial charge in [0, 0.05) is 5.56 Å². The molecular formula is C15H14O4. The summed E-state index contributed by atoms with van der Waals surface area (Å²) in [6.07, 6.45) is 3.03. The van der Waals surface area contributed by atoms with Gasteiger partial charge in [0.05, 0.1) is 7.11 Å². The fourth-order valence-corrected chi connectivity index (χ4v) is 1.63. The van der Waals surface area contributed by atoms with Gasteiger partial charge in [0.25, 0.3) is 0 Å². The molecule has 19 heavy (non-hydrogen) atoms. The molecule has 1 aromatic carbocycles. The van der Waals surface area contributed by atoms with Crippen molar-refractivity contribution in [3.05, 3.63) is 53.5 Å². The predicted octanol–water partition coefficient (Wildman–Crippen LogP) is 3.20. The van der Waals surface area contributed by atoms with E-state index in [0.717, 1.165) is 5.76 Å². The third-order valence-corrected chi connectivity index (χ3v) is 2.62. The molecule has 0 saturated heterocycles. The molecule has 4 heteroatoms. The number of allylic oxidation sites excluding steroid dienone is 1. The number of furan rings is 1. The summed E-state index contributed by atoms with van der Waals surface area (Å²) in [5, 5.41) is 9.46. The van der Waals surface area contributed by atoms with E-state index in [-0.39, 0.29) is 17.3 Å². The van der Waals surface area contributed by atoms with Crippen LogP contribution in [0.5, 0.6) is 11.5 Å². The van der Waals surface area contributed by atoms with Crippen molar-refractivity contribution in [2.45, 2.75) is 6.92 Å². The highest BCUT2D eigenvalue weighted by Crippen LogP contribution is 2.26. The molecule has 98 valence electrons. The van der Waals surface area contributed by atoms with Crippen LogP contribution >= 0.6 is 0 Å². The van der Waals surface area contributed by atoms with Crippen LogP contribution in [0.25, 0.3) is 6.08 Å². The van der Waals surface area contributed by atoms with E-state index in [4.69, 9.17) is 9.15 Å². The topological polar surface area (TPSA) is 59.7 Å². The van der Waals surface area contributed by atoms with E-state index in [2.05, 4.69) is 0 Å². The van der Waals surface area contributed by atoms with Crippen LogP contribution in [0.15, 0.2) is 40.8 Å². The maximum atomic E-state index is 11.9. The third-order valence-electron chi connectivity index (χ3n) is 2.62. The number of aromatic hydroxyl groups is 1. The zero-order valence-corrected chi connectivity index (χ0v) is 10.7. The molecule has 0 bridgehead atoms. The Labute approximate surface area is 110 Å². The summed E-state index contributed by atoms with van der Waals surface area (Å²) >= 11 is 0. The molecule has 2 rings (SSSR count). The molecular weight excluding hydrogens is 244 g/mol. The first-order chi connectivity index (χ1) is 9.10. The van der Waals surface area contributed by atoms with Gasteiger partial charge in [0.1, 0.15) is 11.5 Å². The van der Waals surface area contributed by atoms with Crippen molar-refractivity contribution in [2.24, 2.45) is 0 Å². The summed E-state index contributed by atoms with van der Waals surface area (Å²) in [6.45, 7) is 1.84. The fourth-order valence-electron chi connectivity index (χ4n) is 1.63. The molecule has 0 radical (unpaired) electrons. The zero-order chi connectivity index (χ0) is 13.8. The summed E-state index contributed by atoms with van der Waals surface area (Å²) < 4.78 is 10.3. The van der Waals surface area contributed by atoms with Crippen LogP contribution in [-0.4, -0.2) is 18.0 Å². The lowest BCUT2D eigenvalue weighted by Crippen LogP contribution is -1.95. The van der Waals surface area contributed by atoms with Crippen LogP contribution in [0.3, 0.4) is 0 Å². The molecule has 0 atom stereocenters. The highest BCUT2D eigenvalue weighted by molar-refractivity contribution is 6.07. The van der Waals surface area contributed by atoms with E-state index in [1.165, 1.54) is 31.4 Å². The van der Waals surface area contributed by atoms with Gasteiger partial charge in [-0.2, -0.15) is 0 Å². The molecule has 0 aliphatic rings. The maximum Gasteiger partial charge on any atom is 0.186 e. The SMILES string of the molecule is COc1cc(C(=O)/C=C/c2ccc(C)o2)ccc1O. The molecule has 0 spiro atoms. The van der Waals surface area contributed by atoms with Gasteiger partial charge in [-0.1, -0.05) is 0 Å². The van der Waals surface area contributed by atoms with Crippen LogP contribution in [-0.2, 0) is 0 Å². The average molecular weight is 258 g/mol. The fraction of sp³-hybridized carbons (Fsp3) is 0.133. The molecule has 0 fully saturated rings. The number of phenols is 1. The first kappa shape index (κ1) is 13.0. The summed E-state index contributed by atoms with van der Waals surface area (Å²) in [6, 6.07) is 8.08. The van der Waals surface area contributed by atoms with Crippen molar-refractivity contribution in [3.63, 3.8) is 0 Å². The van der Waals surface area contributed by atoms with E-state index >= 15 is 0 Å². The van der Waals surface area contributed by atoms with Gasteiger partial charge in [-0.25, -0.2) is 0 Å². The predicted molar refractivity (Wildman–Crippen MR) is 71.5 cm³/mol. The van der Waals surface area contributed by atoms with E-state index in [0.29, 0.717) is 11.3 Å². The van der Waals surface area contributed by atoms with Crippen LogP contribution in [0.2, 0.25) is 0 Å². The van der Waals surface area contributed by atoms with Gasteiger partial charge in [0.2, 0.25) is 0 Å². The van der Waals surface area contributed by atoms with E-state index in [1.54, 1.807) is 12.1 Å². The van der Waals surface area contributed by atoms with Gasteiger partial charge < -0.3 is 14.3 Å². The number of rotatable bonds is 4. The van der Waals surface area contributed by atoms with E-state index in [1.807, 2.05) is 13.0 Å².